The van der Waals surface area contributed by atoms with Crippen LogP contribution >= 0.6 is 0 Å². The van der Waals surface area contributed by atoms with Crippen molar-refractivity contribution in [1.29, 1.82) is 0 Å². The lowest BCUT2D eigenvalue weighted by atomic mass is 9.48. The second-order valence-corrected chi connectivity index (χ2v) is 7.21. The molecule has 4 aliphatic rings. The molecule has 0 aromatic carbocycles. The minimum absolute atomic E-state index is 1.17. The minimum atomic E-state index is 1.17. The van der Waals surface area contributed by atoms with Crippen molar-refractivity contribution < 1.29 is 0 Å². The Bertz CT molecular complexity index is 217. The average Bonchev–Trinajstić information content (AvgIpc) is 2.36. The molecular weight excluding hydrogens is 192 g/mol. The van der Waals surface area contributed by atoms with Crippen LogP contribution < -0.4 is 0 Å². The summed E-state index contributed by atoms with van der Waals surface area (Å²) >= 11 is 0. The monoisotopic (exact) mass is 218 g/mol. The first-order valence-corrected chi connectivity index (χ1v) is 7.93. The molecule has 4 fully saturated rings. The zero-order valence-electron chi connectivity index (χ0n) is 10.5. The van der Waals surface area contributed by atoms with Crippen molar-refractivity contribution in [3.05, 3.63) is 0 Å². The van der Waals surface area contributed by atoms with Crippen LogP contribution in [0.5, 0.6) is 0 Å². The Balaban J connectivity index is 1.67. The molecule has 0 heterocycles. The van der Waals surface area contributed by atoms with Crippen molar-refractivity contribution in [2.24, 2.45) is 35.5 Å². The zero-order valence-corrected chi connectivity index (χ0v) is 10.5. The first-order valence-electron chi connectivity index (χ1n) is 7.93. The van der Waals surface area contributed by atoms with Crippen molar-refractivity contribution in [2.75, 3.05) is 0 Å². The maximum Gasteiger partial charge on any atom is -0.0324 e. The maximum atomic E-state index is 1.61. The lowest BCUT2D eigenvalue weighted by molar-refractivity contribution is -0.0760. The van der Waals surface area contributed by atoms with E-state index in [4.69, 9.17) is 0 Å². The van der Waals surface area contributed by atoms with Gasteiger partial charge in [-0.3, -0.25) is 0 Å². The van der Waals surface area contributed by atoms with Gasteiger partial charge in [0.2, 0.25) is 0 Å². The van der Waals surface area contributed by atoms with Crippen LogP contribution in [0.25, 0.3) is 0 Å². The Labute approximate surface area is 100 Å². The summed E-state index contributed by atoms with van der Waals surface area (Å²) in [6.07, 6.45) is 15.9. The highest BCUT2D eigenvalue weighted by Crippen LogP contribution is 2.59. The summed E-state index contributed by atoms with van der Waals surface area (Å²) in [5.74, 6) is 7.07. The van der Waals surface area contributed by atoms with E-state index >= 15 is 0 Å². The SMILES string of the molecule is C1C[C@H]2CC[C@@H]3CCC[C@H]4CC[C@H](C1)C2C34. The van der Waals surface area contributed by atoms with E-state index in [1.807, 2.05) is 0 Å². The largest absolute Gasteiger partial charge is 0.0528 e. The summed E-state index contributed by atoms with van der Waals surface area (Å²) in [6, 6.07) is 0. The van der Waals surface area contributed by atoms with Crippen LogP contribution in [0.4, 0.5) is 0 Å². The zero-order chi connectivity index (χ0) is 10.5. The van der Waals surface area contributed by atoms with Gasteiger partial charge < -0.3 is 0 Å². The highest BCUT2D eigenvalue weighted by molar-refractivity contribution is 5.00. The fraction of sp³-hybridized carbons (Fsp3) is 1.00. The molecule has 0 bridgehead atoms. The van der Waals surface area contributed by atoms with Crippen molar-refractivity contribution >= 4 is 0 Å². The molecule has 16 heavy (non-hydrogen) atoms. The van der Waals surface area contributed by atoms with Gasteiger partial charge in [-0.25, -0.2) is 0 Å². The van der Waals surface area contributed by atoms with Crippen molar-refractivity contribution in [2.45, 2.75) is 64.2 Å². The van der Waals surface area contributed by atoms with E-state index in [0.29, 0.717) is 0 Å². The normalized spacial score (nSPS) is 55.5. The molecule has 0 unspecified atom stereocenters. The van der Waals surface area contributed by atoms with E-state index < -0.39 is 0 Å². The summed E-state index contributed by atoms with van der Waals surface area (Å²) in [5, 5.41) is 0. The van der Waals surface area contributed by atoms with Crippen molar-refractivity contribution in [3.63, 3.8) is 0 Å². The van der Waals surface area contributed by atoms with Crippen LogP contribution in [0.2, 0.25) is 0 Å². The highest BCUT2D eigenvalue weighted by Gasteiger charge is 2.50. The first kappa shape index (κ1) is 9.97. The third kappa shape index (κ3) is 1.34. The lowest BCUT2D eigenvalue weighted by Crippen LogP contribution is -2.49. The molecule has 0 N–H and O–H groups in total. The van der Waals surface area contributed by atoms with Gasteiger partial charge in [-0.05, 0) is 61.2 Å². The molecule has 90 valence electrons. The Morgan fingerprint density at radius 3 is 1.00 bits per heavy atom. The fourth-order valence-corrected chi connectivity index (χ4v) is 6.28. The number of hydrogen-bond donors (Lipinski definition) is 0. The molecule has 0 aliphatic heterocycles. The maximum absolute atomic E-state index is 1.61. The van der Waals surface area contributed by atoms with Gasteiger partial charge >= 0.3 is 0 Å². The van der Waals surface area contributed by atoms with Gasteiger partial charge in [0.15, 0.2) is 0 Å². The molecule has 4 aliphatic carbocycles. The molecule has 4 saturated carbocycles. The Morgan fingerprint density at radius 2 is 0.688 bits per heavy atom. The Hall–Kier alpha value is 0. The highest BCUT2D eigenvalue weighted by atomic mass is 14.6. The third-order valence-electron chi connectivity index (χ3n) is 6.74. The Kier molecular flexibility index (Phi) is 2.34. The second-order valence-electron chi connectivity index (χ2n) is 7.21. The van der Waals surface area contributed by atoms with E-state index in [1.54, 1.807) is 64.2 Å². The molecule has 4 rings (SSSR count). The molecule has 0 heteroatoms. The van der Waals surface area contributed by atoms with E-state index in [2.05, 4.69) is 0 Å². The van der Waals surface area contributed by atoms with E-state index in [0.717, 1.165) is 0 Å². The van der Waals surface area contributed by atoms with E-state index in [-0.39, 0.29) is 0 Å². The van der Waals surface area contributed by atoms with Crippen LogP contribution in [0.15, 0.2) is 0 Å². The number of rotatable bonds is 0. The van der Waals surface area contributed by atoms with E-state index in [1.165, 1.54) is 35.5 Å². The molecule has 4 atom stereocenters. The lowest BCUT2D eigenvalue weighted by Gasteiger charge is -2.57. The minimum Gasteiger partial charge on any atom is -0.0528 e. The van der Waals surface area contributed by atoms with E-state index in [9.17, 15) is 0 Å². The van der Waals surface area contributed by atoms with Crippen molar-refractivity contribution in [3.8, 4) is 0 Å². The van der Waals surface area contributed by atoms with Gasteiger partial charge in [-0.1, -0.05) is 38.5 Å². The predicted octanol–water partition coefficient (Wildman–Crippen LogP) is 4.64. The molecule has 0 radical (unpaired) electrons. The fourth-order valence-electron chi connectivity index (χ4n) is 6.28. The second kappa shape index (κ2) is 3.75. The standard InChI is InChI=1S/C16H26/c1-3-11-7-9-13-5-2-6-14-10-8-12(4-1)15(11)16(13)14/h11-16H,1-10H2/t11-,12-,13-,14-,15?,16?/m0/s1. The molecule has 0 amide bonds. The van der Waals surface area contributed by atoms with Gasteiger partial charge in [0.25, 0.3) is 0 Å². The summed E-state index contributed by atoms with van der Waals surface area (Å²) in [7, 11) is 0. The van der Waals surface area contributed by atoms with Gasteiger partial charge in [0.05, 0.1) is 0 Å². The Morgan fingerprint density at radius 1 is 0.375 bits per heavy atom. The topological polar surface area (TPSA) is 0 Å². The molecule has 0 saturated heterocycles. The van der Waals surface area contributed by atoms with Crippen LogP contribution in [0, 0.1) is 35.5 Å². The molecule has 0 spiro atoms. The molecular formula is C16H26. The van der Waals surface area contributed by atoms with Gasteiger partial charge in [0, 0.05) is 0 Å². The van der Waals surface area contributed by atoms with Crippen LogP contribution in [-0.4, -0.2) is 0 Å². The van der Waals surface area contributed by atoms with Gasteiger partial charge in [-0.15, -0.1) is 0 Å². The molecule has 0 nitrogen and oxygen atoms in total. The first-order chi connectivity index (χ1) is 7.93. The summed E-state index contributed by atoms with van der Waals surface area (Å²) in [6.45, 7) is 0. The molecule has 0 aromatic rings. The summed E-state index contributed by atoms with van der Waals surface area (Å²) in [4.78, 5) is 0. The van der Waals surface area contributed by atoms with Crippen LogP contribution in [-0.2, 0) is 0 Å². The van der Waals surface area contributed by atoms with Crippen molar-refractivity contribution in [1.82, 2.24) is 0 Å². The van der Waals surface area contributed by atoms with Crippen LogP contribution in [0.1, 0.15) is 64.2 Å². The summed E-state index contributed by atoms with van der Waals surface area (Å²) < 4.78 is 0. The smallest absolute Gasteiger partial charge is 0.0324 e. The quantitative estimate of drug-likeness (QED) is 0.555. The third-order valence-corrected chi connectivity index (χ3v) is 6.74. The summed E-state index contributed by atoms with van der Waals surface area (Å²) in [5.41, 5.74) is 0. The predicted molar refractivity (Wildman–Crippen MR) is 67.1 cm³/mol. The number of hydrogen-bond acceptors (Lipinski definition) is 0. The van der Waals surface area contributed by atoms with Crippen LogP contribution in [0.3, 0.4) is 0 Å². The van der Waals surface area contributed by atoms with Gasteiger partial charge in [0.1, 0.15) is 0 Å². The molecule has 0 aromatic heterocycles. The average molecular weight is 218 g/mol. The van der Waals surface area contributed by atoms with Gasteiger partial charge in [-0.2, -0.15) is 0 Å².